The zero-order valence-electron chi connectivity index (χ0n) is 13.5. The number of benzene rings is 3. The number of hydrogen-bond donors (Lipinski definition) is 2. The van der Waals surface area contributed by atoms with Crippen molar-refractivity contribution in [2.75, 3.05) is 0 Å². The summed E-state index contributed by atoms with van der Waals surface area (Å²) >= 11 is 6.20. The Balaban J connectivity index is 1.75. The monoisotopic (exact) mass is 352 g/mol. The van der Waals surface area contributed by atoms with E-state index in [1.54, 1.807) is 18.2 Å². The summed E-state index contributed by atoms with van der Waals surface area (Å²) in [4.78, 5) is 0. The summed E-state index contributed by atoms with van der Waals surface area (Å²) in [5, 5.41) is 23.6. The van der Waals surface area contributed by atoms with Gasteiger partial charge in [-0.25, -0.2) is 0 Å². The van der Waals surface area contributed by atoms with Crippen LogP contribution in [-0.4, -0.2) is 10.2 Å². The van der Waals surface area contributed by atoms with E-state index in [1.807, 2.05) is 24.3 Å². The Morgan fingerprint density at radius 1 is 0.840 bits per heavy atom. The van der Waals surface area contributed by atoms with Gasteiger partial charge in [-0.3, -0.25) is 0 Å². The van der Waals surface area contributed by atoms with Gasteiger partial charge in [0.1, 0.15) is 23.0 Å². The van der Waals surface area contributed by atoms with Crippen molar-refractivity contribution in [2.45, 2.75) is 31.1 Å². The van der Waals surface area contributed by atoms with Crippen molar-refractivity contribution in [1.29, 1.82) is 0 Å². The van der Waals surface area contributed by atoms with Crippen LogP contribution in [0.25, 0.3) is 10.8 Å². The van der Waals surface area contributed by atoms with Gasteiger partial charge in [0, 0.05) is 16.5 Å². The molecule has 2 N–H and O–H groups in total. The highest BCUT2D eigenvalue weighted by Gasteiger charge is 2.42. The van der Waals surface area contributed by atoms with Gasteiger partial charge in [-0.15, -0.1) is 0 Å². The molecule has 0 spiro atoms. The van der Waals surface area contributed by atoms with E-state index in [0.29, 0.717) is 44.9 Å². The van der Waals surface area contributed by atoms with Gasteiger partial charge >= 0.3 is 0 Å². The van der Waals surface area contributed by atoms with E-state index in [4.69, 9.17) is 16.3 Å². The zero-order chi connectivity index (χ0) is 17.1. The first-order valence-electron chi connectivity index (χ1n) is 8.58. The lowest BCUT2D eigenvalue weighted by molar-refractivity contribution is 0.446. The molecule has 2 unspecified atom stereocenters. The fraction of sp³-hybridized carbons (Fsp3) is 0.238. The highest BCUT2D eigenvalue weighted by atomic mass is 35.5. The van der Waals surface area contributed by atoms with Crippen molar-refractivity contribution < 1.29 is 14.9 Å². The van der Waals surface area contributed by atoms with Crippen LogP contribution in [0, 0.1) is 0 Å². The molecular formula is C21H17ClO3. The topological polar surface area (TPSA) is 49.7 Å². The first kappa shape index (κ1) is 14.9. The molecule has 5 rings (SSSR count). The second-order valence-corrected chi connectivity index (χ2v) is 7.35. The van der Waals surface area contributed by atoms with Gasteiger partial charge in [-0.2, -0.15) is 0 Å². The minimum Gasteiger partial charge on any atom is -0.507 e. The van der Waals surface area contributed by atoms with Crippen LogP contribution in [0.15, 0.2) is 42.5 Å². The molecule has 1 saturated carbocycles. The molecule has 0 amide bonds. The van der Waals surface area contributed by atoms with Gasteiger partial charge in [-0.1, -0.05) is 35.9 Å². The van der Waals surface area contributed by atoms with Crippen LogP contribution in [0.1, 0.15) is 42.2 Å². The standard InChI is InChI=1S/C21H17ClO3/c22-14-5-1-2-6-15(14)25-16-7-3-4-13-19(16)21(24)18-12-9-8-11(10-12)17(18)20(13)23/h1-7,11-12,23-24H,8-10H2. The van der Waals surface area contributed by atoms with Crippen LogP contribution in [0.4, 0.5) is 0 Å². The number of ether oxygens (including phenoxy) is 1. The lowest BCUT2D eigenvalue weighted by atomic mass is 9.87. The highest BCUT2D eigenvalue weighted by Crippen LogP contribution is 2.61. The molecule has 2 bridgehead atoms. The molecular weight excluding hydrogens is 336 g/mol. The average Bonchev–Trinajstić information content (AvgIpc) is 3.23. The summed E-state index contributed by atoms with van der Waals surface area (Å²) in [7, 11) is 0. The Morgan fingerprint density at radius 2 is 1.52 bits per heavy atom. The fourth-order valence-corrected chi connectivity index (χ4v) is 4.75. The molecule has 0 radical (unpaired) electrons. The minimum atomic E-state index is 0.248. The molecule has 126 valence electrons. The maximum atomic E-state index is 11.0. The molecule has 25 heavy (non-hydrogen) atoms. The lowest BCUT2D eigenvalue weighted by Crippen LogP contribution is -2.00. The summed E-state index contributed by atoms with van der Waals surface area (Å²) in [6.45, 7) is 0. The lowest BCUT2D eigenvalue weighted by Gasteiger charge is -2.21. The average molecular weight is 353 g/mol. The first-order chi connectivity index (χ1) is 12.1. The SMILES string of the molecule is Oc1c2c(c(O)c3c(Oc4ccccc4Cl)cccc13)C1CCC2C1. The van der Waals surface area contributed by atoms with Crippen molar-refractivity contribution in [2.24, 2.45) is 0 Å². The minimum absolute atomic E-state index is 0.248. The normalized spacial score (nSPS) is 20.8. The maximum Gasteiger partial charge on any atom is 0.146 e. The molecule has 4 heteroatoms. The molecule has 3 aromatic carbocycles. The molecule has 0 heterocycles. The Hall–Kier alpha value is -2.39. The van der Waals surface area contributed by atoms with Crippen LogP contribution in [-0.2, 0) is 0 Å². The van der Waals surface area contributed by atoms with Crippen LogP contribution >= 0.6 is 11.6 Å². The number of hydrogen-bond acceptors (Lipinski definition) is 3. The summed E-state index contributed by atoms with van der Waals surface area (Å²) in [5.74, 6) is 2.27. The van der Waals surface area contributed by atoms with Gasteiger partial charge in [-0.05, 0) is 49.3 Å². The molecule has 1 fully saturated rings. The Labute approximate surface area is 150 Å². The molecule has 0 saturated heterocycles. The Bertz CT molecular complexity index is 1010. The molecule has 0 aliphatic heterocycles. The van der Waals surface area contributed by atoms with Gasteiger partial charge in [0.2, 0.25) is 0 Å². The second-order valence-electron chi connectivity index (χ2n) is 6.94. The zero-order valence-corrected chi connectivity index (χ0v) is 14.3. The van der Waals surface area contributed by atoms with Crippen molar-refractivity contribution in [3.8, 4) is 23.0 Å². The van der Waals surface area contributed by atoms with E-state index in [1.165, 1.54) is 0 Å². The van der Waals surface area contributed by atoms with E-state index in [-0.39, 0.29) is 5.75 Å². The largest absolute Gasteiger partial charge is 0.507 e. The van der Waals surface area contributed by atoms with Crippen molar-refractivity contribution in [1.82, 2.24) is 0 Å². The smallest absolute Gasteiger partial charge is 0.146 e. The number of phenolic OH excluding ortho intramolecular Hbond substituents is 2. The van der Waals surface area contributed by atoms with Crippen molar-refractivity contribution >= 4 is 22.4 Å². The molecule has 0 aromatic heterocycles. The number of halogens is 1. The summed E-state index contributed by atoms with van der Waals surface area (Å²) in [6, 6.07) is 12.7. The van der Waals surface area contributed by atoms with E-state index >= 15 is 0 Å². The van der Waals surface area contributed by atoms with Crippen LogP contribution in [0.5, 0.6) is 23.0 Å². The predicted octanol–water partition coefficient (Wildman–Crippen LogP) is 6.06. The second kappa shape index (κ2) is 5.30. The number of phenols is 2. The predicted molar refractivity (Wildman–Crippen MR) is 98.1 cm³/mol. The third-order valence-electron chi connectivity index (χ3n) is 5.62. The quantitative estimate of drug-likeness (QED) is 0.551. The van der Waals surface area contributed by atoms with Crippen LogP contribution in [0.2, 0.25) is 5.02 Å². The van der Waals surface area contributed by atoms with Gasteiger partial charge < -0.3 is 14.9 Å². The van der Waals surface area contributed by atoms with E-state index in [2.05, 4.69) is 0 Å². The first-order valence-corrected chi connectivity index (χ1v) is 8.95. The van der Waals surface area contributed by atoms with Crippen LogP contribution < -0.4 is 4.74 Å². The third kappa shape index (κ3) is 2.05. The Kier molecular flexibility index (Phi) is 3.16. The number of fused-ring (bicyclic) bond motifs is 6. The molecule has 3 aromatic rings. The third-order valence-corrected chi connectivity index (χ3v) is 5.94. The van der Waals surface area contributed by atoms with Crippen molar-refractivity contribution in [3.63, 3.8) is 0 Å². The van der Waals surface area contributed by atoms with Crippen LogP contribution in [0.3, 0.4) is 0 Å². The highest BCUT2D eigenvalue weighted by molar-refractivity contribution is 6.32. The molecule has 2 aliphatic rings. The van der Waals surface area contributed by atoms with Gasteiger partial charge in [0.15, 0.2) is 0 Å². The van der Waals surface area contributed by atoms with Gasteiger partial charge in [0.25, 0.3) is 0 Å². The Morgan fingerprint density at radius 3 is 2.28 bits per heavy atom. The fourth-order valence-electron chi connectivity index (χ4n) is 4.57. The number of rotatable bonds is 2. The maximum absolute atomic E-state index is 11.0. The summed E-state index contributed by atoms with van der Waals surface area (Å²) in [6.07, 6.45) is 3.18. The number of para-hydroxylation sites is 1. The van der Waals surface area contributed by atoms with E-state index < -0.39 is 0 Å². The van der Waals surface area contributed by atoms with E-state index in [9.17, 15) is 10.2 Å². The summed E-state index contributed by atoms with van der Waals surface area (Å²) < 4.78 is 6.00. The molecule has 2 aliphatic carbocycles. The summed E-state index contributed by atoms with van der Waals surface area (Å²) in [5.41, 5.74) is 1.85. The number of aromatic hydroxyl groups is 2. The molecule has 2 atom stereocenters. The molecule has 3 nitrogen and oxygen atoms in total. The van der Waals surface area contributed by atoms with Gasteiger partial charge in [0.05, 0.1) is 10.4 Å². The van der Waals surface area contributed by atoms with Crippen molar-refractivity contribution in [3.05, 3.63) is 58.6 Å². The van der Waals surface area contributed by atoms with E-state index in [0.717, 1.165) is 30.4 Å².